The number of hydrogen-bond acceptors (Lipinski definition) is 5. The second-order valence-corrected chi connectivity index (χ2v) is 6.01. The molecule has 1 aromatic rings. The third-order valence-corrected chi connectivity index (χ3v) is 3.73. The van der Waals surface area contributed by atoms with Gasteiger partial charge in [-0.1, -0.05) is 0 Å². The number of rotatable bonds is 4. The van der Waals surface area contributed by atoms with Crippen molar-refractivity contribution in [3.05, 3.63) is 11.1 Å². The highest BCUT2D eigenvalue weighted by Crippen LogP contribution is 2.27. The maximum atomic E-state index is 10.6. The summed E-state index contributed by atoms with van der Waals surface area (Å²) >= 11 is 1.46. The zero-order valence-electron chi connectivity index (χ0n) is 10.6. The second-order valence-electron chi connectivity index (χ2n) is 5.16. The molecule has 0 radical (unpaired) electrons. The summed E-state index contributed by atoms with van der Waals surface area (Å²) < 4.78 is 5.66. The smallest absolute Gasteiger partial charge is 0.309 e. The minimum atomic E-state index is -0.848. The van der Waals surface area contributed by atoms with E-state index in [1.165, 1.54) is 11.3 Å². The number of carboxylic acids is 1. The van der Waals surface area contributed by atoms with Gasteiger partial charge in [-0.25, -0.2) is 4.98 Å². The molecule has 1 aliphatic rings. The summed E-state index contributed by atoms with van der Waals surface area (Å²) in [6, 6.07) is 0.345. The van der Waals surface area contributed by atoms with Crippen LogP contribution in [0.3, 0.4) is 0 Å². The monoisotopic (exact) mass is 270 g/mol. The number of carboxylic acid groups (broad SMARTS) is 1. The Morgan fingerprint density at radius 3 is 3.17 bits per heavy atom. The lowest BCUT2D eigenvalue weighted by molar-refractivity contribution is -0.136. The van der Waals surface area contributed by atoms with Gasteiger partial charge in [-0.3, -0.25) is 4.79 Å². The van der Waals surface area contributed by atoms with Crippen molar-refractivity contribution in [3.8, 4) is 0 Å². The lowest BCUT2D eigenvalue weighted by Crippen LogP contribution is -2.40. The summed E-state index contributed by atoms with van der Waals surface area (Å²) in [5.74, 6) is -0.848. The molecule has 1 aromatic heterocycles. The Bertz CT molecular complexity index is 431. The highest BCUT2D eigenvalue weighted by molar-refractivity contribution is 7.13. The first-order chi connectivity index (χ1) is 8.44. The molecule has 1 atom stereocenters. The molecule has 18 heavy (non-hydrogen) atoms. The SMILES string of the molecule is CC1(C)CC(Nc2nc(CC(=O)O)cs2)CCO1. The van der Waals surface area contributed by atoms with E-state index >= 15 is 0 Å². The Balaban J connectivity index is 1.93. The van der Waals surface area contributed by atoms with Crippen LogP contribution in [0.4, 0.5) is 5.13 Å². The number of nitrogens with zero attached hydrogens (tertiary/aromatic N) is 1. The van der Waals surface area contributed by atoms with Crippen LogP contribution >= 0.6 is 11.3 Å². The predicted molar refractivity (Wildman–Crippen MR) is 70.1 cm³/mol. The van der Waals surface area contributed by atoms with Crippen LogP contribution in [0.1, 0.15) is 32.4 Å². The van der Waals surface area contributed by atoms with Crippen molar-refractivity contribution >= 4 is 22.4 Å². The Morgan fingerprint density at radius 1 is 1.72 bits per heavy atom. The van der Waals surface area contributed by atoms with E-state index < -0.39 is 5.97 Å². The van der Waals surface area contributed by atoms with E-state index in [0.717, 1.165) is 24.6 Å². The molecular formula is C12H18N2O3S. The summed E-state index contributed by atoms with van der Waals surface area (Å²) in [5.41, 5.74) is 0.512. The summed E-state index contributed by atoms with van der Waals surface area (Å²) in [6.45, 7) is 4.91. The van der Waals surface area contributed by atoms with Gasteiger partial charge in [0.05, 0.1) is 17.7 Å². The minimum absolute atomic E-state index is 0.0164. The van der Waals surface area contributed by atoms with Crippen LogP contribution < -0.4 is 5.32 Å². The number of nitrogens with one attached hydrogen (secondary N) is 1. The van der Waals surface area contributed by atoms with Gasteiger partial charge >= 0.3 is 5.97 Å². The highest BCUT2D eigenvalue weighted by atomic mass is 32.1. The summed E-state index contributed by atoms with van der Waals surface area (Å²) in [4.78, 5) is 14.9. The standard InChI is InChI=1S/C12H18N2O3S/c1-12(2)6-8(3-4-17-12)13-11-14-9(7-18-11)5-10(15)16/h7-8H,3-6H2,1-2H3,(H,13,14)(H,15,16). The average molecular weight is 270 g/mol. The second kappa shape index (κ2) is 5.24. The zero-order valence-corrected chi connectivity index (χ0v) is 11.4. The lowest BCUT2D eigenvalue weighted by Gasteiger charge is -2.35. The molecule has 1 unspecified atom stereocenters. The predicted octanol–water partition coefficient (Wildman–Crippen LogP) is 2.14. The number of ether oxygens (including phenoxy) is 1. The molecule has 100 valence electrons. The molecular weight excluding hydrogens is 252 g/mol. The summed E-state index contributed by atoms with van der Waals surface area (Å²) in [6.07, 6.45) is 1.87. The third-order valence-electron chi connectivity index (χ3n) is 2.91. The Kier molecular flexibility index (Phi) is 3.87. The molecule has 0 saturated carbocycles. The molecule has 5 nitrogen and oxygen atoms in total. The number of aliphatic carboxylic acids is 1. The van der Waals surface area contributed by atoms with Gasteiger partial charge in [0.1, 0.15) is 0 Å². The molecule has 6 heteroatoms. The normalized spacial score (nSPS) is 22.7. The first-order valence-corrected chi connectivity index (χ1v) is 6.89. The molecule has 2 N–H and O–H groups in total. The number of aromatic nitrogens is 1. The molecule has 0 bridgehead atoms. The number of thiazole rings is 1. The van der Waals surface area contributed by atoms with Crippen LogP contribution in [0.5, 0.6) is 0 Å². The lowest BCUT2D eigenvalue weighted by atomic mass is 9.94. The molecule has 0 amide bonds. The quantitative estimate of drug-likeness (QED) is 0.877. The van der Waals surface area contributed by atoms with Gasteiger partial charge in [-0.15, -0.1) is 11.3 Å². The largest absolute Gasteiger partial charge is 0.481 e. The topological polar surface area (TPSA) is 71.5 Å². The number of anilines is 1. The van der Waals surface area contributed by atoms with Crippen molar-refractivity contribution in [1.29, 1.82) is 0 Å². The van der Waals surface area contributed by atoms with Gasteiger partial charge < -0.3 is 15.2 Å². The van der Waals surface area contributed by atoms with Crippen LogP contribution in [-0.4, -0.2) is 34.3 Å². The molecule has 2 heterocycles. The summed E-state index contributed by atoms with van der Waals surface area (Å²) in [5, 5.41) is 14.7. The highest BCUT2D eigenvalue weighted by Gasteiger charge is 2.29. The molecule has 1 saturated heterocycles. The van der Waals surface area contributed by atoms with Gasteiger partial charge in [0, 0.05) is 18.0 Å². The molecule has 0 spiro atoms. The van der Waals surface area contributed by atoms with E-state index in [-0.39, 0.29) is 12.0 Å². The van der Waals surface area contributed by atoms with Gasteiger partial charge in [0.15, 0.2) is 5.13 Å². The summed E-state index contributed by atoms with van der Waals surface area (Å²) in [7, 11) is 0. The van der Waals surface area contributed by atoms with E-state index in [1.54, 1.807) is 5.38 Å². The van der Waals surface area contributed by atoms with Crippen molar-refractivity contribution < 1.29 is 14.6 Å². The van der Waals surface area contributed by atoms with Gasteiger partial charge in [-0.2, -0.15) is 0 Å². The van der Waals surface area contributed by atoms with E-state index in [1.807, 2.05) is 0 Å². The van der Waals surface area contributed by atoms with Crippen LogP contribution in [-0.2, 0) is 16.0 Å². The van der Waals surface area contributed by atoms with Crippen LogP contribution in [0.15, 0.2) is 5.38 Å². The Morgan fingerprint density at radius 2 is 2.50 bits per heavy atom. The Labute approximate surface area is 110 Å². The van der Waals surface area contributed by atoms with Crippen LogP contribution in [0.2, 0.25) is 0 Å². The van der Waals surface area contributed by atoms with Crippen LogP contribution in [0, 0.1) is 0 Å². The van der Waals surface area contributed by atoms with Crippen molar-refractivity contribution in [1.82, 2.24) is 4.98 Å². The number of carbonyl (C=O) groups is 1. The van der Waals surface area contributed by atoms with Gasteiger partial charge in [-0.05, 0) is 26.7 Å². The first kappa shape index (κ1) is 13.3. The molecule has 1 aliphatic heterocycles. The van der Waals surface area contributed by atoms with E-state index in [9.17, 15) is 4.79 Å². The molecule has 0 aliphatic carbocycles. The Hall–Kier alpha value is -1.14. The van der Waals surface area contributed by atoms with Crippen molar-refractivity contribution in [2.45, 2.75) is 44.8 Å². The molecule has 2 rings (SSSR count). The van der Waals surface area contributed by atoms with E-state index in [2.05, 4.69) is 24.1 Å². The molecule has 0 aromatic carbocycles. The van der Waals surface area contributed by atoms with Crippen molar-refractivity contribution in [3.63, 3.8) is 0 Å². The maximum Gasteiger partial charge on any atom is 0.309 e. The van der Waals surface area contributed by atoms with Gasteiger partial charge in [0.2, 0.25) is 0 Å². The zero-order chi connectivity index (χ0) is 13.2. The molecule has 1 fully saturated rings. The first-order valence-electron chi connectivity index (χ1n) is 6.01. The van der Waals surface area contributed by atoms with Crippen LogP contribution in [0.25, 0.3) is 0 Å². The fraction of sp³-hybridized carbons (Fsp3) is 0.667. The van der Waals surface area contributed by atoms with Gasteiger partial charge in [0.25, 0.3) is 0 Å². The minimum Gasteiger partial charge on any atom is -0.481 e. The van der Waals surface area contributed by atoms with Crippen molar-refractivity contribution in [2.75, 3.05) is 11.9 Å². The van der Waals surface area contributed by atoms with E-state index in [4.69, 9.17) is 9.84 Å². The third kappa shape index (κ3) is 3.68. The van der Waals surface area contributed by atoms with Crippen molar-refractivity contribution in [2.24, 2.45) is 0 Å². The maximum absolute atomic E-state index is 10.6. The average Bonchev–Trinajstić information content (AvgIpc) is 2.62. The fourth-order valence-electron chi connectivity index (χ4n) is 2.14. The van der Waals surface area contributed by atoms with E-state index in [0.29, 0.717) is 11.7 Å². The number of hydrogen-bond donors (Lipinski definition) is 2. The fourth-order valence-corrected chi connectivity index (χ4v) is 2.93.